The van der Waals surface area contributed by atoms with Gasteiger partial charge in [0.15, 0.2) is 5.13 Å². The standard InChI is InChI=1S/C17H23N3OS/c1-4-5-14(21)19-8-10-20(11-9-19)17-18-15-12(2)6-7-13(3)16(15)22-17/h6-7H,4-5,8-11H2,1-3H3. The summed E-state index contributed by atoms with van der Waals surface area (Å²) in [6, 6.07) is 4.31. The number of hydrogen-bond donors (Lipinski definition) is 0. The topological polar surface area (TPSA) is 36.4 Å². The molecular formula is C17H23N3OS. The molecule has 4 nitrogen and oxygen atoms in total. The highest BCUT2D eigenvalue weighted by atomic mass is 32.1. The lowest BCUT2D eigenvalue weighted by Crippen LogP contribution is -2.48. The van der Waals surface area contributed by atoms with Crippen LogP contribution in [0.4, 0.5) is 5.13 Å². The molecule has 0 unspecified atom stereocenters. The minimum absolute atomic E-state index is 0.290. The molecule has 1 aromatic carbocycles. The van der Waals surface area contributed by atoms with E-state index < -0.39 is 0 Å². The molecule has 5 heteroatoms. The minimum Gasteiger partial charge on any atom is -0.345 e. The van der Waals surface area contributed by atoms with Crippen LogP contribution in [0.15, 0.2) is 12.1 Å². The molecule has 1 aliphatic heterocycles. The van der Waals surface area contributed by atoms with Gasteiger partial charge in [-0.1, -0.05) is 30.4 Å². The molecule has 0 atom stereocenters. The maximum atomic E-state index is 12.0. The van der Waals surface area contributed by atoms with Crippen LogP contribution < -0.4 is 4.90 Å². The number of aromatic nitrogens is 1. The van der Waals surface area contributed by atoms with E-state index in [1.54, 1.807) is 11.3 Å². The van der Waals surface area contributed by atoms with Gasteiger partial charge in [-0.05, 0) is 31.4 Å². The summed E-state index contributed by atoms with van der Waals surface area (Å²) in [5.41, 5.74) is 3.66. The highest BCUT2D eigenvalue weighted by Gasteiger charge is 2.23. The van der Waals surface area contributed by atoms with Gasteiger partial charge in [-0.15, -0.1) is 0 Å². The third-order valence-electron chi connectivity index (χ3n) is 4.30. The number of amides is 1. The smallest absolute Gasteiger partial charge is 0.222 e. The van der Waals surface area contributed by atoms with Crippen LogP contribution in [0.5, 0.6) is 0 Å². The van der Waals surface area contributed by atoms with Crippen LogP contribution in [0.25, 0.3) is 10.2 Å². The van der Waals surface area contributed by atoms with E-state index >= 15 is 0 Å². The molecule has 1 fully saturated rings. The highest BCUT2D eigenvalue weighted by molar-refractivity contribution is 7.22. The van der Waals surface area contributed by atoms with Crippen LogP contribution in [-0.2, 0) is 4.79 Å². The van der Waals surface area contributed by atoms with Crippen molar-refractivity contribution in [3.63, 3.8) is 0 Å². The van der Waals surface area contributed by atoms with Crippen molar-refractivity contribution >= 4 is 32.6 Å². The highest BCUT2D eigenvalue weighted by Crippen LogP contribution is 2.33. The molecule has 2 heterocycles. The van der Waals surface area contributed by atoms with E-state index in [0.29, 0.717) is 6.42 Å². The number of hydrogen-bond acceptors (Lipinski definition) is 4. The van der Waals surface area contributed by atoms with E-state index in [-0.39, 0.29) is 5.91 Å². The molecule has 118 valence electrons. The van der Waals surface area contributed by atoms with Crippen LogP contribution in [0, 0.1) is 13.8 Å². The Morgan fingerprint density at radius 2 is 1.86 bits per heavy atom. The fraction of sp³-hybridized carbons (Fsp3) is 0.529. The molecular weight excluding hydrogens is 294 g/mol. The monoisotopic (exact) mass is 317 g/mol. The third kappa shape index (κ3) is 2.82. The zero-order chi connectivity index (χ0) is 15.7. The molecule has 1 aromatic heterocycles. The lowest BCUT2D eigenvalue weighted by Gasteiger charge is -2.34. The van der Waals surface area contributed by atoms with Gasteiger partial charge in [-0.25, -0.2) is 4.98 Å². The van der Waals surface area contributed by atoms with E-state index in [1.807, 2.05) is 4.90 Å². The van der Waals surface area contributed by atoms with Gasteiger partial charge in [0, 0.05) is 32.6 Å². The summed E-state index contributed by atoms with van der Waals surface area (Å²) in [5.74, 6) is 0.290. The zero-order valence-electron chi connectivity index (χ0n) is 13.6. The summed E-state index contributed by atoms with van der Waals surface area (Å²) < 4.78 is 1.29. The summed E-state index contributed by atoms with van der Waals surface area (Å²) in [6.45, 7) is 9.71. The number of carbonyl (C=O) groups is 1. The normalized spacial score (nSPS) is 15.6. The van der Waals surface area contributed by atoms with Crippen LogP contribution in [0.3, 0.4) is 0 Å². The number of nitrogens with zero attached hydrogens (tertiary/aromatic N) is 3. The molecule has 3 rings (SSSR count). The molecule has 1 saturated heterocycles. The summed E-state index contributed by atoms with van der Waals surface area (Å²) in [6.07, 6.45) is 1.59. The molecule has 0 saturated carbocycles. The first-order valence-electron chi connectivity index (χ1n) is 7.99. The second-order valence-electron chi connectivity index (χ2n) is 5.99. The Bertz CT molecular complexity index is 648. The Hall–Kier alpha value is -1.62. The van der Waals surface area contributed by atoms with Crippen molar-refractivity contribution in [2.24, 2.45) is 0 Å². The first kappa shape index (κ1) is 15.3. The first-order valence-corrected chi connectivity index (χ1v) is 8.81. The summed E-state index contributed by atoms with van der Waals surface area (Å²) in [4.78, 5) is 21.1. The Morgan fingerprint density at radius 1 is 1.18 bits per heavy atom. The fourth-order valence-corrected chi connectivity index (χ4v) is 4.07. The van der Waals surface area contributed by atoms with Crippen molar-refractivity contribution in [1.29, 1.82) is 0 Å². The van der Waals surface area contributed by atoms with Gasteiger partial charge in [-0.3, -0.25) is 4.79 Å². The van der Waals surface area contributed by atoms with E-state index in [0.717, 1.165) is 43.2 Å². The van der Waals surface area contributed by atoms with Gasteiger partial charge in [0.1, 0.15) is 0 Å². The predicted molar refractivity (Wildman–Crippen MR) is 92.8 cm³/mol. The summed E-state index contributed by atoms with van der Waals surface area (Å²) >= 11 is 1.78. The third-order valence-corrected chi connectivity index (χ3v) is 5.55. The largest absolute Gasteiger partial charge is 0.345 e. The number of aryl methyl sites for hydroxylation is 2. The van der Waals surface area contributed by atoms with Crippen LogP contribution >= 0.6 is 11.3 Å². The average Bonchev–Trinajstić information content (AvgIpc) is 2.98. The Kier molecular flexibility index (Phi) is 4.34. The van der Waals surface area contributed by atoms with Gasteiger partial charge in [-0.2, -0.15) is 0 Å². The Morgan fingerprint density at radius 3 is 2.50 bits per heavy atom. The number of anilines is 1. The fourth-order valence-electron chi connectivity index (χ4n) is 2.90. The minimum atomic E-state index is 0.290. The molecule has 0 N–H and O–H groups in total. The second kappa shape index (κ2) is 6.24. The summed E-state index contributed by atoms with van der Waals surface area (Å²) in [5, 5.41) is 1.09. The number of thiazole rings is 1. The molecule has 1 aliphatic rings. The Labute approximate surface area is 135 Å². The zero-order valence-corrected chi connectivity index (χ0v) is 14.4. The number of carbonyl (C=O) groups excluding carboxylic acids is 1. The molecule has 0 aliphatic carbocycles. The SMILES string of the molecule is CCCC(=O)N1CCN(c2nc3c(C)ccc(C)c3s2)CC1. The predicted octanol–water partition coefficient (Wildman–Crippen LogP) is 3.36. The first-order chi connectivity index (χ1) is 10.6. The van der Waals surface area contributed by atoms with Gasteiger partial charge in [0.05, 0.1) is 10.2 Å². The number of fused-ring (bicyclic) bond motifs is 1. The average molecular weight is 317 g/mol. The van der Waals surface area contributed by atoms with Crippen molar-refractivity contribution in [3.8, 4) is 0 Å². The molecule has 22 heavy (non-hydrogen) atoms. The van der Waals surface area contributed by atoms with Crippen LogP contribution in [-0.4, -0.2) is 42.0 Å². The summed E-state index contributed by atoms with van der Waals surface area (Å²) in [7, 11) is 0. The maximum absolute atomic E-state index is 12.0. The lowest BCUT2D eigenvalue weighted by molar-refractivity contribution is -0.131. The van der Waals surface area contributed by atoms with Crippen LogP contribution in [0.2, 0.25) is 0 Å². The van der Waals surface area contributed by atoms with Gasteiger partial charge < -0.3 is 9.80 Å². The van der Waals surface area contributed by atoms with E-state index in [4.69, 9.17) is 4.98 Å². The van der Waals surface area contributed by atoms with E-state index in [2.05, 4.69) is 37.8 Å². The van der Waals surface area contributed by atoms with E-state index in [1.165, 1.54) is 15.8 Å². The number of benzene rings is 1. The molecule has 0 radical (unpaired) electrons. The van der Waals surface area contributed by atoms with Gasteiger partial charge in [0.2, 0.25) is 5.91 Å². The number of rotatable bonds is 3. The molecule has 0 bridgehead atoms. The van der Waals surface area contributed by atoms with Gasteiger partial charge >= 0.3 is 0 Å². The molecule has 2 aromatic rings. The lowest BCUT2D eigenvalue weighted by atomic mass is 10.1. The van der Waals surface area contributed by atoms with Crippen LogP contribution in [0.1, 0.15) is 30.9 Å². The number of piperazine rings is 1. The quantitative estimate of drug-likeness (QED) is 0.871. The van der Waals surface area contributed by atoms with Crippen molar-refractivity contribution in [1.82, 2.24) is 9.88 Å². The van der Waals surface area contributed by atoms with Crippen molar-refractivity contribution in [3.05, 3.63) is 23.3 Å². The maximum Gasteiger partial charge on any atom is 0.222 e. The molecule has 0 spiro atoms. The van der Waals surface area contributed by atoms with Crippen molar-refractivity contribution < 1.29 is 4.79 Å². The van der Waals surface area contributed by atoms with E-state index in [9.17, 15) is 4.79 Å². The Balaban J connectivity index is 1.75. The van der Waals surface area contributed by atoms with Gasteiger partial charge in [0.25, 0.3) is 0 Å². The van der Waals surface area contributed by atoms with Crippen molar-refractivity contribution in [2.75, 3.05) is 31.1 Å². The van der Waals surface area contributed by atoms with Crippen molar-refractivity contribution in [2.45, 2.75) is 33.6 Å². The molecule has 1 amide bonds. The second-order valence-corrected chi connectivity index (χ2v) is 6.97.